The average molecular weight is 438 g/mol. The zero-order valence-corrected chi connectivity index (χ0v) is 17.5. The van der Waals surface area contributed by atoms with Crippen molar-refractivity contribution in [3.05, 3.63) is 28.9 Å². The summed E-state index contributed by atoms with van der Waals surface area (Å²) in [5.41, 5.74) is 1.92. The van der Waals surface area contributed by atoms with Crippen LogP contribution in [0.1, 0.15) is 44.6 Å². The van der Waals surface area contributed by atoms with E-state index in [0.29, 0.717) is 37.1 Å². The molecular formula is C19H24ClN5O3S. The van der Waals surface area contributed by atoms with Gasteiger partial charge in [-0.15, -0.1) is 11.6 Å². The minimum absolute atomic E-state index is 0.224. The maximum Gasteiger partial charge on any atom is 0.326 e. The van der Waals surface area contributed by atoms with Gasteiger partial charge in [0.1, 0.15) is 5.65 Å². The molecule has 4 heterocycles. The van der Waals surface area contributed by atoms with Gasteiger partial charge < -0.3 is 9.97 Å². The second-order valence-corrected chi connectivity index (χ2v) is 10.8. The molecule has 2 aliphatic rings. The summed E-state index contributed by atoms with van der Waals surface area (Å²) in [6.07, 6.45) is 8.12. The van der Waals surface area contributed by atoms with Gasteiger partial charge in [0.2, 0.25) is 10.0 Å². The third-order valence-electron chi connectivity index (χ3n) is 6.35. The van der Waals surface area contributed by atoms with Gasteiger partial charge in [-0.25, -0.2) is 18.2 Å². The Labute approximate surface area is 173 Å². The highest BCUT2D eigenvalue weighted by Gasteiger charge is 2.40. The molecular weight excluding hydrogens is 414 g/mol. The van der Waals surface area contributed by atoms with E-state index in [1.165, 1.54) is 0 Å². The molecule has 0 bridgehead atoms. The van der Waals surface area contributed by atoms with Crippen molar-refractivity contribution in [1.29, 1.82) is 0 Å². The summed E-state index contributed by atoms with van der Waals surface area (Å²) in [6, 6.07) is 1.67. The number of imidazole rings is 1. The molecule has 10 heteroatoms. The van der Waals surface area contributed by atoms with Gasteiger partial charge in [0, 0.05) is 24.7 Å². The fourth-order valence-corrected chi connectivity index (χ4v) is 7.70. The molecule has 1 aliphatic heterocycles. The maximum absolute atomic E-state index is 13.3. The van der Waals surface area contributed by atoms with E-state index < -0.39 is 15.3 Å². The number of rotatable bonds is 3. The third kappa shape index (κ3) is 3.10. The van der Waals surface area contributed by atoms with Crippen LogP contribution in [-0.2, 0) is 10.0 Å². The second-order valence-electron chi connectivity index (χ2n) is 8.10. The normalized spacial score (nSPS) is 27.0. The summed E-state index contributed by atoms with van der Waals surface area (Å²) in [6.45, 7) is 0.778. The van der Waals surface area contributed by atoms with Crippen molar-refractivity contribution in [2.24, 2.45) is 0 Å². The Hall–Kier alpha value is -1.84. The van der Waals surface area contributed by atoms with E-state index in [9.17, 15) is 13.2 Å². The van der Waals surface area contributed by atoms with Crippen molar-refractivity contribution in [3.8, 4) is 0 Å². The van der Waals surface area contributed by atoms with E-state index in [4.69, 9.17) is 11.6 Å². The fraction of sp³-hybridized carbons (Fsp3) is 0.579. The van der Waals surface area contributed by atoms with Gasteiger partial charge in [0.25, 0.3) is 0 Å². The van der Waals surface area contributed by atoms with Gasteiger partial charge in [-0.05, 0) is 31.7 Å². The number of alkyl halides is 1. The van der Waals surface area contributed by atoms with E-state index in [-0.39, 0.29) is 17.1 Å². The Morgan fingerprint density at radius 1 is 1.17 bits per heavy atom. The van der Waals surface area contributed by atoms with E-state index in [2.05, 4.69) is 15.0 Å². The Morgan fingerprint density at radius 2 is 2.00 bits per heavy atom. The van der Waals surface area contributed by atoms with Crippen LogP contribution < -0.4 is 5.69 Å². The number of pyridine rings is 1. The van der Waals surface area contributed by atoms with Gasteiger partial charge in [-0.3, -0.25) is 4.57 Å². The summed E-state index contributed by atoms with van der Waals surface area (Å²) in [5.74, 6) is 0. The summed E-state index contributed by atoms with van der Waals surface area (Å²) in [7, 11) is -3.50. The van der Waals surface area contributed by atoms with Gasteiger partial charge in [-0.2, -0.15) is 4.31 Å². The smallest absolute Gasteiger partial charge is 0.326 e. The fourth-order valence-electron chi connectivity index (χ4n) is 4.91. The molecule has 2 fully saturated rings. The maximum atomic E-state index is 13.3. The average Bonchev–Trinajstić information content (AvgIpc) is 3.31. The highest BCUT2D eigenvalue weighted by molar-refractivity contribution is 7.89. The van der Waals surface area contributed by atoms with Crippen molar-refractivity contribution in [2.45, 2.75) is 55.2 Å². The standard InChI is InChI=1S/C19H24ClN5O3S/c20-14-5-1-2-6-16(14)29(27,28)24-9-3-4-12(11-24)25-17-13-7-8-21-18(13)22-10-15(17)23-19(25)26/h7-8,10,12,14,16H,1-6,9,11H2,(H,21,22)(H,23,26)/t12-,14?,16?/m1/s1. The van der Waals surface area contributed by atoms with E-state index in [1.54, 1.807) is 21.3 Å². The zero-order valence-electron chi connectivity index (χ0n) is 16.0. The SMILES string of the molecule is O=c1[nH]c2cnc3[nH]ccc3c2n1[C@@H]1CCCN(S(=O)(=O)C2CCCCC2Cl)C1. The van der Waals surface area contributed by atoms with Crippen LogP contribution in [0.2, 0.25) is 0 Å². The number of halogens is 1. The number of hydrogen-bond donors (Lipinski definition) is 2. The largest absolute Gasteiger partial charge is 0.346 e. The number of H-pyrrole nitrogens is 2. The molecule has 0 aromatic carbocycles. The summed E-state index contributed by atoms with van der Waals surface area (Å²) in [4.78, 5) is 23.1. The van der Waals surface area contributed by atoms with Crippen molar-refractivity contribution in [1.82, 2.24) is 23.8 Å². The topological polar surface area (TPSA) is 104 Å². The quantitative estimate of drug-likeness (QED) is 0.614. The van der Waals surface area contributed by atoms with Gasteiger partial charge >= 0.3 is 5.69 Å². The molecule has 1 saturated carbocycles. The number of sulfonamides is 1. The highest BCUT2D eigenvalue weighted by atomic mass is 35.5. The zero-order chi connectivity index (χ0) is 20.2. The van der Waals surface area contributed by atoms with Crippen LogP contribution in [0.4, 0.5) is 0 Å². The Kier molecular flexibility index (Phi) is 4.71. The molecule has 1 saturated heterocycles. The first-order valence-corrected chi connectivity index (χ1v) is 12.1. The number of aromatic amines is 2. The van der Waals surface area contributed by atoms with Crippen molar-refractivity contribution < 1.29 is 8.42 Å². The minimum Gasteiger partial charge on any atom is -0.346 e. The van der Waals surface area contributed by atoms with Crippen LogP contribution in [0.15, 0.2) is 23.3 Å². The monoisotopic (exact) mass is 437 g/mol. The van der Waals surface area contributed by atoms with Gasteiger partial charge in [0.15, 0.2) is 0 Å². The molecule has 156 valence electrons. The first kappa shape index (κ1) is 19.1. The number of nitrogens with zero attached hydrogens (tertiary/aromatic N) is 3. The lowest BCUT2D eigenvalue weighted by atomic mass is 10.00. The minimum atomic E-state index is -3.50. The summed E-state index contributed by atoms with van der Waals surface area (Å²) in [5, 5.41) is -0.0126. The lowest BCUT2D eigenvalue weighted by Crippen LogP contribution is -2.49. The lowest BCUT2D eigenvalue weighted by Gasteiger charge is -2.37. The molecule has 0 amide bonds. The van der Waals surface area contributed by atoms with Crippen LogP contribution in [0, 0.1) is 0 Å². The van der Waals surface area contributed by atoms with Crippen LogP contribution >= 0.6 is 11.6 Å². The van der Waals surface area contributed by atoms with Crippen LogP contribution in [0.25, 0.3) is 22.1 Å². The molecule has 3 aromatic heterocycles. The first-order valence-electron chi connectivity index (χ1n) is 10.2. The molecule has 2 N–H and O–H groups in total. The molecule has 0 radical (unpaired) electrons. The lowest BCUT2D eigenvalue weighted by molar-refractivity contribution is 0.263. The molecule has 5 rings (SSSR count). The molecule has 29 heavy (non-hydrogen) atoms. The molecule has 2 unspecified atom stereocenters. The Balaban J connectivity index is 1.52. The van der Waals surface area contributed by atoms with Gasteiger partial charge in [-0.1, -0.05) is 12.8 Å². The number of piperidine rings is 1. The van der Waals surface area contributed by atoms with Crippen LogP contribution in [-0.4, -0.2) is 56.0 Å². The number of aromatic nitrogens is 4. The molecule has 1 aliphatic carbocycles. The van der Waals surface area contributed by atoms with Gasteiger partial charge in [0.05, 0.1) is 33.9 Å². The van der Waals surface area contributed by atoms with Crippen LogP contribution in [0.5, 0.6) is 0 Å². The van der Waals surface area contributed by atoms with Crippen molar-refractivity contribution >= 4 is 43.7 Å². The Bertz CT molecular complexity index is 1210. The molecule has 8 nitrogen and oxygen atoms in total. The summed E-state index contributed by atoms with van der Waals surface area (Å²) >= 11 is 6.40. The number of hydrogen-bond acceptors (Lipinski definition) is 4. The Morgan fingerprint density at radius 3 is 2.83 bits per heavy atom. The molecule has 3 atom stereocenters. The third-order valence-corrected chi connectivity index (χ3v) is 9.40. The molecule has 0 spiro atoms. The number of fused-ring (bicyclic) bond motifs is 3. The van der Waals surface area contributed by atoms with E-state index in [0.717, 1.165) is 36.6 Å². The predicted molar refractivity (Wildman–Crippen MR) is 113 cm³/mol. The highest BCUT2D eigenvalue weighted by Crippen LogP contribution is 2.34. The van der Waals surface area contributed by atoms with Crippen molar-refractivity contribution in [2.75, 3.05) is 13.1 Å². The predicted octanol–water partition coefficient (Wildman–Crippen LogP) is 2.72. The van der Waals surface area contributed by atoms with E-state index >= 15 is 0 Å². The molecule has 3 aromatic rings. The van der Waals surface area contributed by atoms with E-state index in [1.807, 2.05) is 6.07 Å². The first-order chi connectivity index (χ1) is 14.0. The van der Waals surface area contributed by atoms with Crippen LogP contribution in [0.3, 0.4) is 0 Å². The van der Waals surface area contributed by atoms with Crippen molar-refractivity contribution in [3.63, 3.8) is 0 Å². The number of nitrogens with one attached hydrogen (secondary N) is 2. The second kappa shape index (κ2) is 7.14. The summed E-state index contributed by atoms with van der Waals surface area (Å²) < 4.78 is 29.9.